The Kier molecular flexibility index (Phi) is 6.12. The van der Waals surface area contributed by atoms with Crippen LogP contribution in [0.3, 0.4) is 0 Å². The first kappa shape index (κ1) is 17.9. The highest BCUT2D eigenvalue weighted by molar-refractivity contribution is 7.88. The first-order valence-electron chi connectivity index (χ1n) is 7.83. The Morgan fingerprint density at radius 2 is 1.87 bits per heavy atom. The zero-order valence-electron chi connectivity index (χ0n) is 13.3. The van der Waals surface area contributed by atoms with Crippen molar-refractivity contribution in [2.45, 2.75) is 25.7 Å². The second kappa shape index (κ2) is 7.88. The van der Waals surface area contributed by atoms with Crippen LogP contribution in [0.25, 0.3) is 0 Å². The number of hydrogen-bond acceptors (Lipinski definition) is 3. The first-order valence-corrected chi connectivity index (χ1v) is 9.68. The quantitative estimate of drug-likeness (QED) is 0.798. The van der Waals surface area contributed by atoms with Crippen molar-refractivity contribution in [1.82, 2.24) is 9.62 Å². The van der Waals surface area contributed by atoms with E-state index in [1.807, 2.05) is 0 Å². The van der Waals surface area contributed by atoms with Gasteiger partial charge in [-0.05, 0) is 43.4 Å². The number of nitrogens with zero attached hydrogens (tertiary/aromatic N) is 1. The molecule has 7 heteroatoms. The number of amides is 1. The van der Waals surface area contributed by atoms with E-state index in [0.717, 1.165) is 18.4 Å². The second-order valence-corrected chi connectivity index (χ2v) is 7.94. The Morgan fingerprint density at radius 3 is 2.43 bits per heavy atom. The maximum absolute atomic E-state index is 12.8. The maximum Gasteiger partial charge on any atom is 0.223 e. The standard InChI is InChI=1S/C16H23FN2O3S/c1-23(21,22)19-11-8-14(9-12-19)16(20)18-10-2-3-13-4-6-15(17)7-5-13/h4-7,14H,2-3,8-12H2,1H3,(H,18,20). The number of benzene rings is 1. The molecule has 1 aliphatic heterocycles. The van der Waals surface area contributed by atoms with Gasteiger partial charge in [-0.2, -0.15) is 0 Å². The summed E-state index contributed by atoms with van der Waals surface area (Å²) in [5.41, 5.74) is 1.04. The summed E-state index contributed by atoms with van der Waals surface area (Å²) in [5, 5.41) is 2.91. The number of nitrogens with one attached hydrogen (secondary N) is 1. The van der Waals surface area contributed by atoms with Gasteiger partial charge in [0.15, 0.2) is 0 Å². The molecular formula is C16H23FN2O3S. The third-order valence-electron chi connectivity index (χ3n) is 4.15. The lowest BCUT2D eigenvalue weighted by Crippen LogP contribution is -2.42. The summed E-state index contributed by atoms with van der Waals surface area (Å²) >= 11 is 0. The molecule has 1 aliphatic rings. The van der Waals surface area contributed by atoms with Crippen molar-refractivity contribution in [3.8, 4) is 0 Å². The summed E-state index contributed by atoms with van der Waals surface area (Å²) in [7, 11) is -3.15. The summed E-state index contributed by atoms with van der Waals surface area (Å²) in [6.07, 6.45) is 3.91. The third kappa shape index (κ3) is 5.58. The van der Waals surface area contributed by atoms with Crippen molar-refractivity contribution in [3.63, 3.8) is 0 Å². The van der Waals surface area contributed by atoms with Gasteiger partial charge in [0.25, 0.3) is 0 Å². The van der Waals surface area contributed by atoms with Crippen LogP contribution in [0.5, 0.6) is 0 Å². The summed E-state index contributed by atoms with van der Waals surface area (Å²) < 4.78 is 37.1. The highest BCUT2D eigenvalue weighted by atomic mass is 32.2. The molecule has 1 N–H and O–H groups in total. The molecule has 0 aromatic heterocycles. The molecule has 0 bridgehead atoms. The third-order valence-corrected chi connectivity index (χ3v) is 5.45. The summed E-state index contributed by atoms with van der Waals surface area (Å²) in [6.45, 7) is 1.39. The number of carbonyl (C=O) groups excluding carboxylic acids is 1. The van der Waals surface area contributed by atoms with E-state index >= 15 is 0 Å². The van der Waals surface area contributed by atoms with E-state index in [9.17, 15) is 17.6 Å². The zero-order chi connectivity index (χ0) is 16.9. The van der Waals surface area contributed by atoms with Gasteiger partial charge in [-0.1, -0.05) is 12.1 Å². The normalized spacial score (nSPS) is 17.1. The van der Waals surface area contributed by atoms with Crippen molar-refractivity contribution >= 4 is 15.9 Å². The Morgan fingerprint density at radius 1 is 1.26 bits per heavy atom. The Bertz CT molecular complexity index is 623. The number of sulfonamides is 1. The zero-order valence-corrected chi connectivity index (χ0v) is 14.1. The number of aryl methyl sites for hydroxylation is 1. The lowest BCUT2D eigenvalue weighted by atomic mass is 9.97. The molecule has 5 nitrogen and oxygen atoms in total. The van der Waals surface area contributed by atoms with Gasteiger partial charge in [0.2, 0.25) is 15.9 Å². The molecule has 1 heterocycles. The summed E-state index contributed by atoms with van der Waals surface area (Å²) in [6, 6.07) is 6.36. The van der Waals surface area contributed by atoms with E-state index in [1.165, 1.54) is 22.7 Å². The molecule has 0 aliphatic carbocycles. The highest BCUT2D eigenvalue weighted by Gasteiger charge is 2.28. The van der Waals surface area contributed by atoms with E-state index < -0.39 is 10.0 Å². The van der Waals surface area contributed by atoms with E-state index in [1.54, 1.807) is 12.1 Å². The van der Waals surface area contributed by atoms with Gasteiger partial charge in [-0.25, -0.2) is 17.1 Å². The van der Waals surface area contributed by atoms with Gasteiger partial charge >= 0.3 is 0 Å². The molecule has 1 fully saturated rings. The fourth-order valence-electron chi connectivity index (χ4n) is 2.75. The smallest absolute Gasteiger partial charge is 0.223 e. The van der Waals surface area contributed by atoms with Crippen LogP contribution >= 0.6 is 0 Å². The van der Waals surface area contributed by atoms with Crippen molar-refractivity contribution in [2.75, 3.05) is 25.9 Å². The van der Waals surface area contributed by atoms with Gasteiger partial charge in [0.05, 0.1) is 6.26 Å². The second-order valence-electron chi connectivity index (χ2n) is 5.96. The number of carbonyl (C=O) groups is 1. The lowest BCUT2D eigenvalue weighted by molar-refractivity contribution is -0.126. The molecule has 0 unspecified atom stereocenters. The van der Waals surface area contributed by atoms with Gasteiger partial charge < -0.3 is 5.32 Å². The summed E-state index contributed by atoms with van der Waals surface area (Å²) in [4.78, 5) is 12.1. The molecule has 0 saturated carbocycles. The number of halogens is 1. The SMILES string of the molecule is CS(=O)(=O)N1CCC(C(=O)NCCCc2ccc(F)cc2)CC1. The lowest BCUT2D eigenvalue weighted by Gasteiger charge is -2.29. The predicted molar refractivity (Wildman–Crippen MR) is 86.9 cm³/mol. The molecule has 128 valence electrons. The van der Waals surface area contributed by atoms with E-state index in [4.69, 9.17) is 0 Å². The van der Waals surface area contributed by atoms with Gasteiger partial charge in [-0.15, -0.1) is 0 Å². The Balaban J connectivity index is 1.67. The number of rotatable bonds is 6. The van der Waals surface area contributed by atoms with Gasteiger partial charge in [0.1, 0.15) is 5.82 Å². The van der Waals surface area contributed by atoms with Crippen LogP contribution in [0, 0.1) is 11.7 Å². The summed E-state index contributed by atoms with van der Waals surface area (Å²) in [5.74, 6) is -0.362. The molecule has 2 rings (SSSR count). The van der Waals surface area contributed by atoms with Crippen molar-refractivity contribution in [2.24, 2.45) is 5.92 Å². The number of hydrogen-bond donors (Lipinski definition) is 1. The molecule has 0 spiro atoms. The van der Waals surface area contributed by atoms with Crippen molar-refractivity contribution < 1.29 is 17.6 Å². The minimum Gasteiger partial charge on any atom is -0.356 e. The van der Waals surface area contributed by atoms with Crippen molar-refractivity contribution in [3.05, 3.63) is 35.6 Å². The van der Waals surface area contributed by atoms with E-state index in [2.05, 4.69) is 5.32 Å². The molecule has 23 heavy (non-hydrogen) atoms. The Hall–Kier alpha value is -1.47. The van der Waals surface area contributed by atoms with Gasteiger partial charge in [-0.3, -0.25) is 4.79 Å². The van der Waals surface area contributed by atoms with Crippen LogP contribution in [-0.2, 0) is 21.2 Å². The predicted octanol–water partition coefficient (Wildman–Crippen LogP) is 1.55. The molecular weight excluding hydrogens is 319 g/mol. The van der Waals surface area contributed by atoms with Crippen LogP contribution < -0.4 is 5.32 Å². The average Bonchev–Trinajstić information content (AvgIpc) is 2.52. The fourth-order valence-corrected chi connectivity index (χ4v) is 3.62. The molecule has 0 radical (unpaired) electrons. The number of piperidine rings is 1. The molecule has 1 aromatic carbocycles. The topological polar surface area (TPSA) is 66.5 Å². The molecule has 1 saturated heterocycles. The average molecular weight is 342 g/mol. The monoisotopic (exact) mass is 342 g/mol. The minimum atomic E-state index is -3.15. The van der Waals surface area contributed by atoms with E-state index in [0.29, 0.717) is 32.5 Å². The first-order chi connectivity index (χ1) is 10.9. The minimum absolute atomic E-state index is 0.00254. The Labute approximate surface area is 136 Å². The van der Waals surface area contributed by atoms with Crippen LogP contribution in [0.1, 0.15) is 24.8 Å². The maximum atomic E-state index is 12.8. The van der Waals surface area contributed by atoms with Crippen LogP contribution in [-0.4, -0.2) is 44.5 Å². The highest BCUT2D eigenvalue weighted by Crippen LogP contribution is 2.19. The largest absolute Gasteiger partial charge is 0.356 e. The fraction of sp³-hybridized carbons (Fsp3) is 0.562. The molecule has 1 aromatic rings. The molecule has 0 atom stereocenters. The molecule has 1 amide bonds. The van der Waals surface area contributed by atoms with Crippen LogP contribution in [0.15, 0.2) is 24.3 Å². The van der Waals surface area contributed by atoms with Crippen molar-refractivity contribution in [1.29, 1.82) is 0 Å². The van der Waals surface area contributed by atoms with Gasteiger partial charge in [0, 0.05) is 25.6 Å². The van der Waals surface area contributed by atoms with Crippen LogP contribution in [0.2, 0.25) is 0 Å². The van der Waals surface area contributed by atoms with E-state index in [-0.39, 0.29) is 17.6 Å². The van der Waals surface area contributed by atoms with Crippen LogP contribution in [0.4, 0.5) is 4.39 Å².